The van der Waals surface area contributed by atoms with Crippen molar-refractivity contribution < 1.29 is 13.9 Å². The number of halogens is 2. The van der Waals surface area contributed by atoms with E-state index in [-0.39, 0.29) is 22.8 Å². The molecule has 2 unspecified atom stereocenters. The molecule has 1 aliphatic heterocycles. The number of ether oxygens (including phenoxy) is 1. The largest absolute Gasteiger partial charge is 0.469 e. The Kier molecular flexibility index (Phi) is 4.42. The summed E-state index contributed by atoms with van der Waals surface area (Å²) >= 11 is 5.94. The van der Waals surface area contributed by atoms with Gasteiger partial charge in [0.15, 0.2) is 0 Å². The number of carbonyl (C=O) groups excluding carboxylic acids is 1. The zero-order chi connectivity index (χ0) is 14.0. The molecule has 0 spiro atoms. The van der Waals surface area contributed by atoms with Crippen LogP contribution in [0, 0.1) is 17.7 Å². The summed E-state index contributed by atoms with van der Waals surface area (Å²) in [4.78, 5) is 13.7. The lowest BCUT2D eigenvalue weighted by molar-refractivity contribution is -0.146. The van der Waals surface area contributed by atoms with Gasteiger partial charge in [0.2, 0.25) is 0 Å². The molecule has 0 aromatic heterocycles. The van der Waals surface area contributed by atoms with Crippen LogP contribution in [0.3, 0.4) is 0 Å². The number of hydrogen-bond acceptors (Lipinski definition) is 3. The van der Waals surface area contributed by atoms with Crippen LogP contribution in [-0.4, -0.2) is 31.1 Å². The summed E-state index contributed by atoms with van der Waals surface area (Å²) in [6, 6.07) is 4.80. The summed E-state index contributed by atoms with van der Waals surface area (Å²) in [6.45, 7) is 3.98. The smallest absolute Gasteiger partial charge is 0.310 e. The van der Waals surface area contributed by atoms with E-state index in [0.29, 0.717) is 13.1 Å². The van der Waals surface area contributed by atoms with Gasteiger partial charge < -0.3 is 4.74 Å². The van der Waals surface area contributed by atoms with Crippen molar-refractivity contribution in [1.29, 1.82) is 0 Å². The summed E-state index contributed by atoms with van der Waals surface area (Å²) in [5.41, 5.74) is 0.749. The summed E-state index contributed by atoms with van der Waals surface area (Å²) < 4.78 is 18.2. The molecule has 1 fully saturated rings. The van der Waals surface area contributed by atoms with Crippen molar-refractivity contribution >= 4 is 17.6 Å². The summed E-state index contributed by atoms with van der Waals surface area (Å²) in [7, 11) is 1.40. The minimum absolute atomic E-state index is 0.114. The molecule has 0 saturated carbocycles. The van der Waals surface area contributed by atoms with Crippen LogP contribution in [0.15, 0.2) is 18.2 Å². The first kappa shape index (κ1) is 14.3. The number of carbonyl (C=O) groups is 1. The number of hydrogen-bond donors (Lipinski definition) is 0. The van der Waals surface area contributed by atoms with E-state index >= 15 is 0 Å². The SMILES string of the molecule is COC(=O)C1CN(Cc2cccc(F)c2Cl)CC1C. The van der Waals surface area contributed by atoms with Crippen molar-refractivity contribution in [2.24, 2.45) is 11.8 Å². The van der Waals surface area contributed by atoms with Gasteiger partial charge in [-0.25, -0.2) is 4.39 Å². The van der Waals surface area contributed by atoms with Crippen LogP contribution in [0.5, 0.6) is 0 Å². The van der Waals surface area contributed by atoms with Crippen LogP contribution in [0.25, 0.3) is 0 Å². The number of benzene rings is 1. The second-order valence-corrected chi connectivity index (χ2v) is 5.39. The second-order valence-electron chi connectivity index (χ2n) is 5.01. The van der Waals surface area contributed by atoms with Gasteiger partial charge in [0.25, 0.3) is 0 Å². The standard InChI is InChI=1S/C14H17ClFNO2/c1-9-6-17(8-11(9)14(18)19-2)7-10-4-3-5-12(16)13(10)15/h3-5,9,11H,6-8H2,1-2H3. The third kappa shape index (κ3) is 3.07. The van der Waals surface area contributed by atoms with Crippen molar-refractivity contribution in [2.45, 2.75) is 13.5 Å². The molecule has 0 N–H and O–H groups in total. The Bertz CT molecular complexity index is 481. The predicted octanol–water partition coefficient (Wildman–Crippen LogP) is 2.72. The Labute approximate surface area is 117 Å². The fourth-order valence-electron chi connectivity index (χ4n) is 2.57. The van der Waals surface area contributed by atoms with Gasteiger partial charge in [0, 0.05) is 19.6 Å². The Hall–Kier alpha value is -1.13. The van der Waals surface area contributed by atoms with Gasteiger partial charge in [0.1, 0.15) is 5.82 Å². The van der Waals surface area contributed by atoms with E-state index in [0.717, 1.165) is 12.1 Å². The molecule has 1 saturated heterocycles. The highest BCUT2D eigenvalue weighted by atomic mass is 35.5. The van der Waals surface area contributed by atoms with Crippen molar-refractivity contribution in [2.75, 3.05) is 20.2 Å². The van der Waals surface area contributed by atoms with Gasteiger partial charge in [-0.3, -0.25) is 9.69 Å². The molecule has 104 valence electrons. The topological polar surface area (TPSA) is 29.5 Å². The number of likely N-dealkylation sites (tertiary alicyclic amines) is 1. The van der Waals surface area contributed by atoms with Crippen molar-refractivity contribution in [3.8, 4) is 0 Å². The third-order valence-electron chi connectivity index (χ3n) is 3.62. The number of rotatable bonds is 3. The summed E-state index contributed by atoms with van der Waals surface area (Å²) in [6.07, 6.45) is 0. The lowest BCUT2D eigenvalue weighted by Gasteiger charge is -2.16. The van der Waals surface area contributed by atoms with Crippen LogP contribution < -0.4 is 0 Å². The van der Waals surface area contributed by atoms with E-state index < -0.39 is 5.82 Å². The number of nitrogens with zero attached hydrogens (tertiary/aromatic N) is 1. The van der Waals surface area contributed by atoms with Crippen LogP contribution in [0.4, 0.5) is 4.39 Å². The maximum Gasteiger partial charge on any atom is 0.310 e. The lowest BCUT2D eigenvalue weighted by Crippen LogP contribution is -2.24. The first-order chi connectivity index (χ1) is 9.02. The Balaban J connectivity index is 2.05. The second kappa shape index (κ2) is 5.88. The third-order valence-corrected chi connectivity index (χ3v) is 4.04. The van der Waals surface area contributed by atoms with E-state index in [1.54, 1.807) is 6.07 Å². The van der Waals surface area contributed by atoms with Crippen LogP contribution in [0.1, 0.15) is 12.5 Å². The predicted molar refractivity (Wildman–Crippen MR) is 71.4 cm³/mol. The van der Waals surface area contributed by atoms with E-state index in [4.69, 9.17) is 16.3 Å². The minimum atomic E-state index is -0.407. The van der Waals surface area contributed by atoms with Crippen molar-refractivity contribution in [3.63, 3.8) is 0 Å². The highest BCUT2D eigenvalue weighted by Crippen LogP contribution is 2.28. The molecule has 5 heteroatoms. The maximum atomic E-state index is 13.4. The van der Waals surface area contributed by atoms with Crippen molar-refractivity contribution in [3.05, 3.63) is 34.6 Å². The molecule has 3 nitrogen and oxygen atoms in total. The zero-order valence-corrected chi connectivity index (χ0v) is 11.8. The summed E-state index contributed by atoms with van der Waals surface area (Å²) in [5.74, 6) is -0.464. The van der Waals surface area contributed by atoms with E-state index in [2.05, 4.69) is 4.90 Å². The van der Waals surface area contributed by atoms with Gasteiger partial charge in [-0.2, -0.15) is 0 Å². The zero-order valence-electron chi connectivity index (χ0n) is 11.0. The molecule has 0 aliphatic carbocycles. The maximum absolute atomic E-state index is 13.4. The molecule has 1 aliphatic rings. The molecule has 19 heavy (non-hydrogen) atoms. The molecule has 0 bridgehead atoms. The quantitative estimate of drug-likeness (QED) is 0.800. The van der Waals surface area contributed by atoms with Gasteiger partial charge in [-0.1, -0.05) is 30.7 Å². The number of methoxy groups -OCH3 is 1. The van der Waals surface area contributed by atoms with Gasteiger partial charge in [0.05, 0.1) is 18.1 Å². The first-order valence-electron chi connectivity index (χ1n) is 6.26. The molecule has 2 atom stereocenters. The lowest BCUT2D eigenvalue weighted by atomic mass is 9.99. The molecule has 0 radical (unpaired) electrons. The monoisotopic (exact) mass is 285 g/mol. The molecular weight excluding hydrogens is 269 g/mol. The molecule has 1 heterocycles. The van der Waals surface area contributed by atoms with Crippen LogP contribution >= 0.6 is 11.6 Å². The summed E-state index contributed by atoms with van der Waals surface area (Å²) in [5, 5.41) is 0.164. The molecule has 2 rings (SSSR count). The minimum Gasteiger partial charge on any atom is -0.469 e. The van der Waals surface area contributed by atoms with Crippen LogP contribution in [0.2, 0.25) is 5.02 Å². The molecule has 0 amide bonds. The van der Waals surface area contributed by atoms with Gasteiger partial charge in [-0.15, -0.1) is 0 Å². The van der Waals surface area contributed by atoms with E-state index in [1.165, 1.54) is 13.2 Å². The van der Waals surface area contributed by atoms with Crippen LogP contribution in [-0.2, 0) is 16.1 Å². The molecular formula is C14H17ClFNO2. The van der Waals surface area contributed by atoms with Gasteiger partial charge >= 0.3 is 5.97 Å². The highest BCUT2D eigenvalue weighted by molar-refractivity contribution is 6.31. The average Bonchev–Trinajstić information content (AvgIpc) is 2.75. The molecule has 1 aromatic carbocycles. The fourth-order valence-corrected chi connectivity index (χ4v) is 2.75. The Morgan fingerprint density at radius 1 is 1.53 bits per heavy atom. The highest BCUT2D eigenvalue weighted by Gasteiger charge is 2.35. The van der Waals surface area contributed by atoms with Crippen molar-refractivity contribution in [1.82, 2.24) is 4.90 Å². The molecule has 1 aromatic rings. The normalized spacial score (nSPS) is 23.6. The van der Waals surface area contributed by atoms with E-state index in [9.17, 15) is 9.18 Å². The Morgan fingerprint density at radius 3 is 2.95 bits per heavy atom. The first-order valence-corrected chi connectivity index (χ1v) is 6.63. The Morgan fingerprint density at radius 2 is 2.26 bits per heavy atom. The van der Waals surface area contributed by atoms with Gasteiger partial charge in [-0.05, 0) is 17.5 Å². The van der Waals surface area contributed by atoms with E-state index in [1.807, 2.05) is 13.0 Å². The average molecular weight is 286 g/mol. The fraction of sp³-hybridized carbons (Fsp3) is 0.500. The number of esters is 1.